The Kier molecular flexibility index (Phi) is 4.25. The monoisotopic (exact) mass is 333 g/mol. The molecule has 1 aliphatic carbocycles. The molecule has 0 aliphatic heterocycles. The summed E-state index contributed by atoms with van der Waals surface area (Å²) in [5, 5.41) is 0. The van der Waals surface area contributed by atoms with Crippen LogP contribution in [0.1, 0.15) is 29.5 Å². The highest BCUT2D eigenvalue weighted by Gasteiger charge is 2.38. The van der Waals surface area contributed by atoms with Gasteiger partial charge in [0.05, 0.1) is 4.90 Å². The van der Waals surface area contributed by atoms with Crippen molar-refractivity contribution >= 4 is 10.0 Å². The SMILES string of the molecule is Cc1ccc(C)c(S(=O)(=O)N(Cc2ccc(F)cc2)C2CC2)c1. The number of halogens is 1. The number of sulfonamides is 1. The van der Waals surface area contributed by atoms with E-state index in [0.29, 0.717) is 4.90 Å². The molecule has 0 atom stereocenters. The van der Waals surface area contributed by atoms with Crippen LogP contribution < -0.4 is 0 Å². The van der Waals surface area contributed by atoms with Crippen LogP contribution in [0, 0.1) is 19.7 Å². The second-order valence-corrected chi connectivity index (χ2v) is 8.04. The van der Waals surface area contributed by atoms with Crippen molar-refractivity contribution in [2.24, 2.45) is 0 Å². The molecule has 2 aromatic carbocycles. The molecule has 0 N–H and O–H groups in total. The highest BCUT2D eigenvalue weighted by Crippen LogP contribution is 2.34. The lowest BCUT2D eigenvalue weighted by atomic mass is 10.2. The molecule has 0 saturated heterocycles. The van der Waals surface area contributed by atoms with Crippen LogP contribution in [0.2, 0.25) is 0 Å². The van der Waals surface area contributed by atoms with E-state index >= 15 is 0 Å². The van der Waals surface area contributed by atoms with Gasteiger partial charge in [-0.05, 0) is 61.6 Å². The van der Waals surface area contributed by atoms with Gasteiger partial charge in [-0.2, -0.15) is 4.31 Å². The van der Waals surface area contributed by atoms with Crippen molar-refractivity contribution in [3.8, 4) is 0 Å². The lowest BCUT2D eigenvalue weighted by Gasteiger charge is -2.23. The predicted molar refractivity (Wildman–Crippen MR) is 88.1 cm³/mol. The molecule has 0 heterocycles. The third-order valence-electron chi connectivity index (χ3n) is 4.14. The first-order chi connectivity index (χ1) is 10.9. The predicted octanol–water partition coefficient (Wildman–Crippen LogP) is 3.80. The van der Waals surface area contributed by atoms with Gasteiger partial charge in [0.25, 0.3) is 0 Å². The average molecular weight is 333 g/mol. The van der Waals surface area contributed by atoms with E-state index in [1.165, 1.54) is 12.1 Å². The summed E-state index contributed by atoms with van der Waals surface area (Å²) in [5.74, 6) is -0.316. The van der Waals surface area contributed by atoms with Gasteiger partial charge in [0, 0.05) is 12.6 Å². The van der Waals surface area contributed by atoms with Gasteiger partial charge in [0.1, 0.15) is 5.82 Å². The van der Waals surface area contributed by atoms with Crippen LogP contribution in [0.4, 0.5) is 4.39 Å². The molecular weight excluding hydrogens is 313 g/mol. The van der Waals surface area contributed by atoms with Gasteiger partial charge in [-0.15, -0.1) is 0 Å². The fraction of sp³-hybridized carbons (Fsp3) is 0.333. The zero-order chi connectivity index (χ0) is 16.6. The zero-order valence-electron chi connectivity index (χ0n) is 13.3. The van der Waals surface area contributed by atoms with Crippen molar-refractivity contribution in [1.29, 1.82) is 0 Å². The maximum absolute atomic E-state index is 13.1. The van der Waals surface area contributed by atoms with Gasteiger partial charge >= 0.3 is 0 Å². The molecule has 5 heteroatoms. The van der Waals surface area contributed by atoms with Crippen LogP contribution in [0.15, 0.2) is 47.4 Å². The summed E-state index contributed by atoms with van der Waals surface area (Å²) in [6, 6.07) is 11.5. The van der Waals surface area contributed by atoms with Crippen LogP contribution in [0.25, 0.3) is 0 Å². The minimum atomic E-state index is -3.56. The van der Waals surface area contributed by atoms with Gasteiger partial charge in [-0.3, -0.25) is 0 Å². The molecule has 0 amide bonds. The normalized spacial score (nSPS) is 15.1. The van der Waals surface area contributed by atoms with Crippen LogP contribution in [-0.2, 0) is 16.6 Å². The van der Waals surface area contributed by atoms with Gasteiger partial charge in [-0.1, -0.05) is 24.3 Å². The van der Waals surface area contributed by atoms with E-state index in [1.807, 2.05) is 26.0 Å². The van der Waals surface area contributed by atoms with E-state index in [0.717, 1.165) is 29.5 Å². The summed E-state index contributed by atoms with van der Waals surface area (Å²) in [6.07, 6.45) is 1.76. The summed E-state index contributed by atoms with van der Waals surface area (Å²) in [7, 11) is -3.56. The Morgan fingerprint density at radius 3 is 2.35 bits per heavy atom. The number of benzene rings is 2. The third-order valence-corrected chi connectivity index (χ3v) is 6.18. The molecule has 2 aromatic rings. The van der Waals surface area contributed by atoms with Crippen molar-refractivity contribution in [2.45, 2.75) is 44.2 Å². The summed E-state index contributed by atoms with van der Waals surface area (Å²) < 4.78 is 40.8. The Morgan fingerprint density at radius 1 is 1.09 bits per heavy atom. The molecule has 1 aliphatic rings. The van der Waals surface area contributed by atoms with E-state index in [2.05, 4.69) is 0 Å². The van der Waals surface area contributed by atoms with Gasteiger partial charge in [-0.25, -0.2) is 12.8 Å². The Labute approximate surface area is 136 Å². The number of rotatable bonds is 5. The lowest BCUT2D eigenvalue weighted by Crippen LogP contribution is -2.33. The number of hydrogen-bond acceptors (Lipinski definition) is 2. The van der Waals surface area contributed by atoms with Crippen LogP contribution in [0.5, 0.6) is 0 Å². The highest BCUT2D eigenvalue weighted by molar-refractivity contribution is 7.89. The van der Waals surface area contributed by atoms with Gasteiger partial charge in [0.15, 0.2) is 0 Å². The number of aryl methyl sites for hydroxylation is 2. The fourth-order valence-electron chi connectivity index (χ4n) is 2.65. The van der Waals surface area contributed by atoms with Crippen molar-refractivity contribution in [3.63, 3.8) is 0 Å². The second kappa shape index (κ2) is 6.06. The van der Waals surface area contributed by atoms with E-state index < -0.39 is 10.0 Å². The first kappa shape index (κ1) is 16.1. The molecule has 23 heavy (non-hydrogen) atoms. The molecule has 0 unspecified atom stereocenters. The second-order valence-electron chi connectivity index (χ2n) is 6.18. The lowest BCUT2D eigenvalue weighted by molar-refractivity contribution is 0.398. The molecule has 3 rings (SSSR count). The van der Waals surface area contributed by atoms with Gasteiger partial charge in [0.2, 0.25) is 10.0 Å². The van der Waals surface area contributed by atoms with E-state index in [-0.39, 0.29) is 18.4 Å². The van der Waals surface area contributed by atoms with Crippen LogP contribution in [-0.4, -0.2) is 18.8 Å². The zero-order valence-corrected chi connectivity index (χ0v) is 14.1. The Balaban J connectivity index is 1.96. The van der Waals surface area contributed by atoms with Crippen LogP contribution >= 0.6 is 0 Å². The molecule has 1 saturated carbocycles. The Bertz CT molecular complexity index is 811. The topological polar surface area (TPSA) is 37.4 Å². The number of nitrogens with zero attached hydrogens (tertiary/aromatic N) is 1. The van der Waals surface area contributed by atoms with E-state index in [9.17, 15) is 12.8 Å². The average Bonchev–Trinajstić information content (AvgIpc) is 3.33. The Morgan fingerprint density at radius 2 is 1.74 bits per heavy atom. The Hall–Kier alpha value is -1.72. The summed E-state index contributed by atoms with van der Waals surface area (Å²) in [4.78, 5) is 0.367. The molecule has 3 nitrogen and oxygen atoms in total. The standard InChI is InChI=1S/C18H20FNO2S/c1-13-3-4-14(2)18(11-13)23(21,22)20(17-9-10-17)12-15-5-7-16(19)8-6-15/h3-8,11,17H,9-10,12H2,1-2H3. The molecular formula is C18H20FNO2S. The van der Waals surface area contributed by atoms with Crippen LogP contribution in [0.3, 0.4) is 0 Å². The van der Waals surface area contributed by atoms with Gasteiger partial charge < -0.3 is 0 Å². The largest absolute Gasteiger partial charge is 0.243 e. The summed E-state index contributed by atoms with van der Waals surface area (Å²) in [6.45, 7) is 3.98. The molecule has 0 aromatic heterocycles. The minimum Gasteiger partial charge on any atom is -0.207 e. The quantitative estimate of drug-likeness (QED) is 0.835. The molecule has 122 valence electrons. The maximum atomic E-state index is 13.1. The molecule has 1 fully saturated rings. The highest BCUT2D eigenvalue weighted by atomic mass is 32.2. The van der Waals surface area contributed by atoms with E-state index in [1.54, 1.807) is 22.5 Å². The smallest absolute Gasteiger partial charge is 0.207 e. The maximum Gasteiger partial charge on any atom is 0.243 e. The minimum absolute atomic E-state index is 0.0463. The fourth-order valence-corrected chi connectivity index (χ4v) is 4.64. The molecule has 0 radical (unpaired) electrons. The molecule has 0 bridgehead atoms. The summed E-state index contributed by atoms with van der Waals surface area (Å²) >= 11 is 0. The first-order valence-corrected chi connectivity index (χ1v) is 9.15. The van der Waals surface area contributed by atoms with Crippen molar-refractivity contribution in [1.82, 2.24) is 4.31 Å². The van der Waals surface area contributed by atoms with E-state index in [4.69, 9.17) is 0 Å². The molecule has 0 spiro atoms. The van der Waals surface area contributed by atoms with Crippen molar-refractivity contribution in [2.75, 3.05) is 0 Å². The summed E-state index contributed by atoms with van der Waals surface area (Å²) in [5.41, 5.74) is 2.47. The first-order valence-electron chi connectivity index (χ1n) is 7.71. The van der Waals surface area contributed by atoms with Crippen molar-refractivity contribution < 1.29 is 12.8 Å². The third kappa shape index (κ3) is 3.46. The number of hydrogen-bond donors (Lipinski definition) is 0. The van der Waals surface area contributed by atoms with Crippen molar-refractivity contribution in [3.05, 3.63) is 65.0 Å².